The number of aromatic nitrogens is 6. The van der Waals surface area contributed by atoms with E-state index in [1.54, 1.807) is 18.6 Å². The Morgan fingerprint density at radius 2 is 0.835 bits per heavy atom. The van der Waals surface area contributed by atoms with E-state index in [4.69, 9.17) is 18.9 Å². The molecule has 15 rings (SSSR count). The van der Waals surface area contributed by atoms with Gasteiger partial charge in [-0.2, -0.15) is 15.0 Å². The van der Waals surface area contributed by atoms with Crippen LogP contribution in [0.1, 0.15) is 112 Å². The molecule has 6 aromatic carbocycles. The van der Waals surface area contributed by atoms with Gasteiger partial charge in [-0.15, -0.1) is 0 Å². The number of piperidine rings is 1. The number of benzene rings is 6. The molecule has 0 bridgehead atoms. The van der Waals surface area contributed by atoms with E-state index in [1.165, 1.54) is 75.6 Å². The van der Waals surface area contributed by atoms with Crippen LogP contribution in [0.15, 0.2) is 181 Å². The van der Waals surface area contributed by atoms with Crippen molar-refractivity contribution in [1.82, 2.24) is 39.7 Å². The van der Waals surface area contributed by atoms with Crippen molar-refractivity contribution in [3.8, 4) is 17.2 Å². The maximum absolute atomic E-state index is 11.7. The van der Waals surface area contributed by atoms with E-state index in [0.717, 1.165) is 173 Å². The number of hydrogen-bond donors (Lipinski definition) is 6. The highest BCUT2D eigenvalue weighted by molar-refractivity contribution is 7.91. The lowest BCUT2D eigenvalue weighted by molar-refractivity contribution is 0.0358. The molecule has 534 valence electrons. The molecule has 20 nitrogen and oxygen atoms in total. The second-order valence-corrected chi connectivity index (χ2v) is 29.8. The maximum Gasteiger partial charge on any atom is 0.229 e. The van der Waals surface area contributed by atoms with Crippen LogP contribution in [-0.4, -0.2) is 131 Å². The number of nitrogens with zero attached hydrogens (tertiary/aromatic N) is 8. The number of allylic oxidation sites excluding steroid dienone is 3. The van der Waals surface area contributed by atoms with E-state index in [1.807, 2.05) is 91.0 Å². The average Bonchev–Trinajstić information content (AvgIpc) is 1.74. The van der Waals surface area contributed by atoms with Gasteiger partial charge in [0, 0.05) is 103 Å². The van der Waals surface area contributed by atoms with Crippen molar-refractivity contribution in [2.24, 2.45) is 0 Å². The molecule has 0 atom stereocenters. The Hall–Kier alpha value is -10.2. The standard InChI is InChI=1S/C29H35N5O3S.C27H31N5O2.C26H28N4O/c1-21-17-22-7-8-25(19-23(22)18-21)31-28-9-12-30-29(33-28)32-24-5-3-6-26(20-24)37-16-4-13-34-14-10-27(11-15-34)38(2,35)36;1-20-16-21-6-7-24(18-22(21)17-20)29-26-8-9-28-27(31-26)30-23-4-2-5-25(19-23)34-13-3-10-32-11-14-33-15-12-32;1-18-14-19-10-11-22(16-20(19)15-18)28-25-12-13-27-26(30-25)29-21-6-5-9-24(17-21)31-23-7-3-2-4-8-23/h3,5-9,12,18-20,27H,4,10-11,13-17H2,1-2H3,(H2,30,31,32,33);2,4-9,17-19H,3,10-16H2,1H3,(H2,28,29,30,31);5-6,9-13,15-17,23H,2-4,7-8,14H2,1H3,(H2,27,28,29,30). The molecule has 3 aromatic heterocycles. The zero-order chi connectivity index (χ0) is 70.7. The minimum Gasteiger partial charge on any atom is -0.493 e. The molecule has 0 spiro atoms. The summed E-state index contributed by atoms with van der Waals surface area (Å²) >= 11 is 0. The molecule has 2 aliphatic heterocycles. The van der Waals surface area contributed by atoms with Crippen LogP contribution in [0.5, 0.6) is 17.2 Å². The highest BCUT2D eigenvalue weighted by Gasteiger charge is 2.27. The van der Waals surface area contributed by atoms with Crippen molar-refractivity contribution in [1.29, 1.82) is 0 Å². The van der Waals surface area contributed by atoms with Gasteiger partial charge in [-0.3, -0.25) is 4.90 Å². The molecule has 21 heteroatoms. The minimum atomic E-state index is -2.93. The van der Waals surface area contributed by atoms with Gasteiger partial charge in [-0.1, -0.05) is 77.8 Å². The molecule has 0 unspecified atom stereocenters. The lowest BCUT2D eigenvalue weighted by Gasteiger charge is -2.30. The fourth-order valence-electron chi connectivity index (χ4n) is 13.7. The zero-order valence-corrected chi connectivity index (χ0v) is 60.3. The molecular formula is C82H94N14O6S. The second kappa shape index (κ2) is 34.7. The van der Waals surface area contributed by atoms with Crippen LogP contribution >= 0.6 is 0 Å². The number of anilines is 12. The number of hydrogen-bond acceptors (Lipinski definition) is 20. The van der Waals surface area contributed by atoms with Crippen LogP contribution in [0, 0.1) is 0 Å². The fraction of sp³-hybridized carbons (Fsp3) is 0.341. The molecule has 0 radical (unpaired) electrons. The summed E-state index contributed by atoms with van der Waals surface area (Å²) in [5.74, 6) is 6.31. The third-order valence-corrected chi connectivity index (χ3v) is 20.7. The molecule has 0 amide bonds. The van der Waals surface area contributed by atoms with Crippen LogP contribution in [0.3, 0.4) is 0 Å². The van der Waals surface area contributed by atoms with Gasteiger partial charge in [-0.25, -0.2) is 23.4 Å². The first kappa shape index (κ1) is 71.2. The van der Waals surface area contributed by atoms with Gasteiger partial charge in [0.25, 0.3) is 0 Å². The van der Waals surface area contributed by atoms with E-state index in [2.05, 4.69) is 165 Å². The van der Waals surface area contributed by atoms with Crippen molar-refractivity contribution in [3.63, 3.8) is 0 Å². The van der Waals surface area contributed by atoms with Gasteiger partial charge in [-0.05, 0) is 229 Å². The Kier molecular flexibility index (Phi) is 24.0. The summed E-state index contributed by atoms with van der Waals surface area (Å²) in [5.41, 5.74) is 17.8. The topological polar surface area (TPSA) is 227 Å². The van der Waals surface area contributed by atoms with Crippen molar-refractivity contribution < 1.29 is 27.4 Å². The van der Waals surface area contributed by atoms with Crippen molar-refractivity contribution in [3.05, 3.63) is 214 Å². The van der Waals surface area contributed by atoms with Crippen LogP contribution < -0.4 is 46.1 Å². The number of nitrogens with one attached hydrogen (secondary N) is 6. The van der Waals surface area contributed by atoms with E-state index in [-0.39, 0.29) is 5.25 Å². The SMILES string of the molecule is CC1=Cc2cc(Nc3ccnc(Nc4cccc(OC5CCCCC5)c4)n3)ccc2C1.CC1=Cc2cc(Nc3ccnc(Nc4cccc(OCCCN5CCC(S(C)(=O)=O)CC5)c4)n3)ccc2C1.CC1=Cc2cc(Nc3ccnc(Nc4cccc(OCCCN5CCOCC5)c4)n3)ccc2C1. The van der Waals surface area contributed by atoms with Gasteiger partial charge in [0.1, 0.15) is 44.5 Å². The number of rotatable bonds is 25. The third-order valence-electron chi connectivity index (χ3n) is 19.0. The van der Waals surface area contributed by atoms with Crippen molar-refractivity contribution in [2.45, 2.75) is 109 Å². The predicted octanol–water partition coefficient (Wildman–Crippen LogP) is 16.9. The molecule has 103 heavy (non-hydrogen) atoms. The number of likely N-dealkylation sites (tertiary alicyclic amines) is 1. The largest absolute Gasteiger partial charge is 0.493 e. The first-order chi connectivity index (χ1) is 50.2. The zero-order valence-electron chi connectivity index (χ0n) is 59.5. The Morgan fingerprint density at radius 3 is 1.25 bits per heavy atom. The molecule has 1 saturated carbocycles. The summed E-state index contributed by atoms with van der Waals surface area (Å²) in [5, 5.41) is 19.8. The summed E-state index contributed by atoms with van der Waals surface area (Å²) in [7, 11) is -2.93. The van der Waals surface area contributed by atoms with Crippen LogP contribution in [-0.2, 0) is 33.8 Å². The number of morpholine rings is 1. The van der Waals surface area contributed by atoms with Crippen LogP contribution in [0.25, 0.3) is 18.2 Å². The van der Waals surface area contributed by atoms with E-state index < -0.39 is 9.84 Å². The van der Waals surface area contributed by atoms with Gasteiger partial charge in [0.2, 0.25) is 17.8 Å². The van der Waals surface area contributed by atoms with E-state index >= 15 is 0 Å². The molecule has 3 fully saturated rings. The summed E-state index contributed by atoms with van der Waals surface area (Å²) in [6, 6.07) is 48.6. The lowest BCUT2D eigenvalue weighted by atomic mass is 9.98. The maximum atomic E-state index is 11.7. The Bertz CT molecular complexity index is 4590. The normalized spacial score (nSPS) is 15.8. The van der Waals surface area contributed by atoms with E-state index in [9.17, 15) is 8.42 Å². The lowest BCUT2D eigenvalue weighted by Crippen LogP contribution is -2.39. The molecule has 6 N–H and O–H groups in total. The Morgan fingerprint density at radius 1 is 0.447 bits per heavy atom. The van der Waals surface area contributed by atoms with Crippen molar-refractivity contribution >= 4 is 97.5 Å². The highest BCUT2D eigenvalue weighted by Crippen LogP contribution is 2.34. The monoisotopic (exact) mass is 1400 g/mol. The van der Waals surface area contributed by atoms with Gasteiger partial charge in [0.05, 0.1) is 37.8 Å². The number of fused-ring (bicyclic) bond motifs is 3. The fourth-order valence-corrected chi connectivity index (χ4v) is 14.8. The first-order valence-corrected chi connectivity index (χ1v) is 38.1. The van der Waals surface area contributed by atoms with Crippen molar-refractivity contribution in [2.75, 3.05) is 104 Å². The minimum absolute atomic E-state index is 0.189. The van der Waals surface area contributed by atoms with Gasteiger partial charge in [0.15, 0.2) is 0 Å². The number of ether oxygens (including phenoxy) is 4. The quantitative estimate of drug-likeness (QED) is 0.0292. The summed E-state index contributed by atoms with van der Waals surface area (Å²) in [6.07, 6.45) is 26.2. The van der Waals surface area contributed by atoms with E-state index in [0.29, 0.717) is 43.0 Å². The Labute approximate surface area is 605 Å². The van der Waals surface area contributed by atoms with Gasteiger partial charge >= 0.3 is 0 Å². The summed E-state index contributed by atoms with van der Waals surface area (Å²) in [4.78, 5) is 31.7. The molecule has 5 heterocycles. The summed E-state index contributed by atoms with van der Waals surface area (Å²) in [6.45, 7) is 15.1. The third kappa shape index (κ3) is 21.2. The molecule has 2 saturated heterocycles. The predicted molar refractivity (Wildman–Crippen MR) is 416 cm³/mol. The molecular weight excluding hydrogens is 1310 g/mol. The van der Waals surface area contributed by atoms with Crippen LogP contribution in [0.4, 0.5) is 69.4 Å². The molecule has 6 aliphatic rings. The van der Waals surface area contributed by atoms with Crippen LogP contribution in [0.2, 0.25) is 0 Å². The average molecular weight is 1400 g/mol. The molecule has 4 aliphatic carbocycles. The second-order valence-electron chi connectivity index (χ2n) is 27.5. The summed E-state index contributed by atoms with van der Waals surface area (Å²) < 4.78 is 47.0. The first-order valence-electron chi connectivity index (χ1n) is 36.2. The smallest absolute Gasteiger partial charge is 0.229 e. The van der Waals surface area contributed by atoms with Gasteiger partial charge < -0.3 is 55.7 Å². The molecule has 9 aromatic rings. The number of sulfone groups is 1. The highest BCUT2D eigenvalue weighted by atomic mass is 32.2. The Balaban J connectivity index is 0.000000138.